The van der Waals surface area contributed by atoms with Crippen LogP contribution in [-0.4, -0.2) is 71.5 Å². The molecule has 1 aliphatic rings. The van der Waals surface area contributed by atoms with Gasteiger partial charge in [0.15, 0.2) is 11.8 Å². The molecule has 8 nitrogen and oxygen atoms in total. The highest BCUT2D eigenvalue weighted by Gasteiger charge is 2.21. The molecule has 2 aromatic rings. The molecular weight excluding hydrogens is 366 g/mol. The lowest BCUT2D eigenvalue weighted by molar-refractivity contribution is -0.0284. The number of guanidine groups is 1. The molecule has 8 heteroatoms. The fraction of sp³-hybridized carbons (Fsp3) is 0.571. The normalized spacial score (nSPS) is 18.2. The summed E-state index contributed by atoms with van der Waals surface area (Å²) < 4.78 is 5.93. The summed E-state index contributed by atoms with van der Waals surface area (Å²) in [6.45, 7) is 12.6. The quantitative estimate of drug-likeness (QED) is 0.464. The zero-order valence-corrected chi connectivity index (χ0v) is 17.7. The molecule has 0 radical (unpaired) electrons. The van der Waals surface area contributed by atoms with Crippen molar-refractivity contribution in [3.8, 4) is 11.4 Å². The summed E-state index contributed by atoms with van der Waals surface area (Å²) in [6, 6.07) is 8.19. The maximum absolute atomic E-state index is 5.93. The molecule has 29 heavy (non-hydrogen) atoms. The molecule has 1 atom stereocenters. The van der Waals surface area contributed by atoms with E-state index in [-0.39, 0.29) is 6.10 Å². The Morgan fingerprint density at radius 3 is 3.03 bits per heavy atom. The first-order chi connectivity index (χ1) is 14.1. The molecule has 3 N–H and O–H groups in total. The Morgan fingerprint density at radius 1 is 1.38 bits per heavy atom. The second-order valence-corrected chi connectivity index (χ2v) is 7.76. The maximum atomic E-state index is 5.93. The molecule has 1 unspecified atom stereocenters. The Hall–Kier alpha value is -2.45. The molecule has 1 aromatic carbocycles. The molecule has 1 fully saturated rings. The van der Waals surface area contributed by atoms with Crippen molar-refractivity contribution in [2.45, 2.75) is 33.4 Å². The number of morpholine rings is 1. The van der Waals surface area contributed by atoms with Gasteiger partial charge in [-0.05, 0) is 24.5 Å². The summed E-state index contributed by atoms with van der Waals surface area (Å²) in [5, 5.41) is 13.6. The average Bonchev–Trinajstić information content (AvgIpc) is 3.25. The van der Waals surface area contributed by atoms with E-state index in [9.17, 15) is 0 Å². The van der Waals surface area contributed by atoms with E-state index in [0.29, 0.717) is 12.5 Å². The molecule has 0 amide bonds. The van der Waals surface area contributed by atoms with Crippen molar-refractivity contribution in [1.29, 1.82) is 0 Å². The van der Waals surface area contributed by atoms with E-state index in [2.05, 4.69) is 63.6 Å². The zero-order valence-electron chi connectivity index (χ0n) is 17.7. The van der Waals surface area contributed by atoms with Crippen molar-refractivity contribution in [2.75, 3.05) is 39.3 Å². The van der Waals surface area contributed by atoms with Gasteiger partial charge in [0, 0.05) is 38.3 Å². The lowest BCUT2D eigenvalue weighted by Gasteiger charge is -2.34. The van der Waals surface area contributed by atoms with Crippen molar-refractivity contribution in [1.82, 2.24) is 30.7 Å². The minimum atomic E-state index is 0.182. The zero-order chi connectivity index (χ0) is 20.5. The van der Waals surface area contributed by atoms with Gasteiger partial charge in [0.25, 0.3) is 0 Å². The summed E-state index contributed by atoms with van der Waals surface area (Å²) in [4.78, 5) is 11.4. The van der Waals surface area contributed by atoms with Gasteiger partial charge in [-0.3, -0.25) is 10.00 Å². The summed E-state index contributed by atoms with van der Waals surface area (Å²) >= 11 is 0. The lowest BCUT2D eigenvalue weighted by Crippen LogP contribution is -2.50. The summed E-state index contributed by atoms with van der Waals surface area (Å²) in [5.74, 6) is 2.25. The van der Waals surface area contributed by atoms with Crippen molar-refractivity contribution < 1.29 is 4.74 Å². The van der Waals surface area contributed by atoms with Crippen LogP contribution in [0.5, 0.6) is 0 Å². The van der Waals surface area contributed by atoms with Crippen molar-refractivity contribution >= 4 is 5.96 Å². The van der Waals surface area contributed by atoms with Crippen LogP contribution in [0, 0.1) is 5.92 Å². The van der Waals surface area contributed by atoms with Crippen LogP contribution in [-0.2, 0) is 11.3 Å². The van der Waals surface area contributed by atoms with Crippen molar-refractivity contribution in [3.05, 3.63) is 36.2 Å². The van der Waals surface area contributed by atoms with Gasteiger partial charge in [0.1, 0.15) is 6.33 Å². The van der Waals surface area contributed by atoms with E-state index in [0.717, 1.165) is 62.2 Å². The van der Waals surface area contributed by atoms with Crippen LogP contribution in [0.3, 0.4) is 0 Å². The van der Waals surface area contributed by atoms with E-state index >= 15 is 0 Å². The molecule has 0 bridgehead atoms. The number of aliphatic imine (C=N–C) groups is 1. The standard InChI is InChI=1S/C21H33N7O/c1-4-22-21(24-12-19-14-28(8-9-29-19)13-16(2)3)23-11-17-6-5-7-18(10-17)20-25-15-26-27-20/h5-7,10,15-16,19H,4,8-9,11-14H2,1-3H3,(H2,22,23,24)(H,25,26,27). The molecule has 0 saturated carbocycles. The number of hydrogen-bond donors (Lipinski definition) is 3. The number of rotatable bonds is 8. The Bertz CT molecular complexity index is 760. The number of nitrogens with zero attached hydrogens (tertiary/aromatic N) is 4. The first kappa shape index (κ1) is 21.3. The second-order valence-electron chi connectivity index (χ2n) is 7.76. The highest BCUT2D eigenvalue weighted by atomic mass is 16.5. The molecule has 158 valence electrons. The lowest BCUT2D eigenvalue weighted by atomic mass is 10.1. The van der Waals surface area contributed by atoms with Crippen LogP contribution in [0.2, 0.25) is 0 Å². The summed E-state index contributed by atoms with van der Waals surface area (Å²) in [6.07, 6.45) is 1.70. The van der Waals surface area contributed by atoms with Crippen molar-refractivity contribution in [3.63, 3.8) is 0 Å². The Morgan fingerprint density at radius 2 is 2.28 bits per heavy atom. The van der Waals surface area contributed by atoms with E-state index in [1.54, 1.807) is 0 Å². The van der Waals surface area contributed by atoms with E-state index in [1.807, 2.05) is 12.1 Å². The fourth-order valence-electron chi connectivity index (χ4n) is 3.47. The number of H-pyrrole nitrogens is 1. The van der Waals surface area contributed by atoms with Gasteiger partial charge in [-0.25, -0.2) is 9.98 Å². The molecule has 1 aliphatic heterocycles. The third kappa shape index (κ3) is 6.83. The van der Waals surface area contributed by atoms with Gasteiger partial charge in [-0.1, -0.05) is 32.0 Å². The number of hydrogen-bond acceptors (Lipinski definition) is 5. The topological polar surface area (TPSA) is 90.5 Å². The first-order valence-corrected chi connectivity index (χ1v) is 10.4. The van der Waals surface area contributed by atoms with Crippen molar-refractivity contribution in [2.24, 2.45) is 10.9 Å². The minimum Gasteiger partial charge on any atom is -0.374 e. The third-order valence-corrected chi connectivity index (χ3v) is 4.72. The largest absolute Gasteiger partial charge is 0.374 e. The van der Waals surface area contributed by atoms with Gasteiger partial charge < -0.3 is 15.4 Å². The molecule has 1 aromatic heterocycles. The number of aromatic amines is 1. The maximum Gasteiger partial charge on any atom is 0.191 e. The van der Waals surface area contributed by atoms with E-state index in [4.69, 9.17) is 9.73 Å². The Balaban J connectivity index is 1.55. The van der Waals surface area contributed by atoms with Crippen LogP contribution in [0.15, 0.2) is 35.6 Å². The van der Waals surface area contributed by atoms with Gasteiger partial charge in [0.2, 0.25) is 0 Å². The van der Waals surface area contributed by atoms with Gasteiger partial charge in [0.05, 0.1) is 19.3 Å². The fourth-order valence-corrected chi connectivity index (χ4v) is 3.47. The molecule has 2 heterocycles. The SMILES string of the molecule is CCNC(=NCc1cccc(-c2ncn[nH]2)c1)NCC1CN(CC(C)C)CCO1. The third-order valence-electron chi connectivity index (χ3n) is 4.72. The van der Waals surface area contributed by atoms with Gasteiger partial charge in [-0.15, -0.1) is 0 Å². The van der Waals surface area contributed by atoms with E-state index in [1.165, 1.54) is 6.33 Å². The highest BCUT2D eigenvalue weighted by Crippen LogP contribution is 2.16. The van der Waals surface area contributed by atoms with Crippen LogP contribution in [0.25, 0.3) is 11.4 Å². The molecule has 3 rings (SSSR count). The van der Waals surface area contributed by atoms with Crippen LogP contribution >= 0.6 is 0 Å². The minimum absolute atomic E-state index is 0.182. The highest BCUT2D eigenvalue weighted by molar-refractivity contribution is 5.79. The predicted octanol–water partition coefficient (Wildman–Crippen LogP) is 1.88. The van der Waals surface area contributed by atoms with Gasteiger partial charge >= 0.3 is 0 Å². The summed E-state index contributed by atoms with van der Waals surface area (Å²) in [5.41, 5.74) is 2.13. The van der Waals surface area contributed by atoms with E-state index < -0.39 is 0 Å². The molecule has 0 spiro atoms. The molecule has 0 aliphatic carbocycles. The first-order valence-electron chi connectivity index (χ1n) is 10.4. The monoisotopic (exact) mass is 399 g/mol. The Labute approximate surface area is 173 Å². The molecule has 1 saturated heterocycles. The molecular formula is C21H33N7O. The predicted molar refractivity (Wildman–Crippen MR) is 116 cm³/mol. The van der Waals surface area contributed by atoms with Crippen LogP contribution < -0.4 is 10.6 Å². The number of aromatic nitrogens is 3. The van der Waals surface area contributed by atoms with Crippen LogP contribution in [0.4, 0.5) is 0 Å². The number of ether oxygens (including phenoxy) is 1. The Kier molecular flexibility index (Phi) is 8.01. The number of benzene rings is 1. The summed E-state index contributed by atoms with van der Waals surface area (Å²) in [7, 11) is 0. The second kappa shape index (κ2) is 10.9. The number of nitrogens with one attached hydrogen (secondary N) is 3. The smallest absolute Gasteiger partial charge is 0.191 e. The van der Waals surface area contributed by atoms with Crippen LogP contribution in [0.1, 0.15) is 26.3 Å². The van der Waals surface area contributed by atoms with Gasteiger partial charge in [-0.2, -0.15) is 5.10 Å². The average molecular weight is 400 g/mol.